The van der Waals surface area contributed by atoms with Crippen LogP contribution in [0.1, 0.15) is 73.9 Å². The summed E-state index contributed by atoms with van der Waals surface area (Å²) in [5, 5.41) is 9.44. The van der Waals surface area contributed by atoms with E-state index in [0.29, 0.717) is 32.0 Å². The number of carboxylic acid groups (broad SMARTS) is 1. The van der Waals surface area contributed by atoms with E-state index < -0.39 is 5.97 Å². The molecule has 0 aliphatic carbocycles. The topological polar surface area (TPSA) is 76.1 Å². The van der Waals surface area contributed by atoms with E-state index >= 15 is 0 Å². The maximum absolute atomic E-state index is 13.2. The first-order valence-corrected chi connectivity index (χ1v) is 13.4. The van der Waals surface area contributed by atoms with Crippen LogP contribution in [-0.2, 0) is 4.79 Å². The summed E-state index contributed by atoms with van der Waals surface area (Å²) in [6.45, 7) is 6.00. The second-order valence-corrected chi connectivity index (χ2v) is 10.5. The minimum Gasteiger partial charge on any atom is -0.493 e. The molecule has 6 nitrogen and oxygen atoms in total. The number of anilines is 1. The van der Waals surface area contributed by atoms with Gasteiger partial charge in [0.2, 0.25) is 0 Å². The van der Waals surface area contributed by atoms with Crippen LogP contribution in [0.25, 0.3) is 6.08 Å². The Morgan fingerprint density at radius 1 is 1.14 bits per heavy atom. The summed E-state index contributed by atoms with van der Waals surface area (Å²) >= 11 is 6.63. The Balaban J connectivity index is 1.73. The molecule has 1 amide bonds. The first kappa shape index (κ1) is 27.7. The molecule has 36 heavy (non-hydrogen) atoms. The van der Waals surface area contributed by atoms with E-state index in [1.54, 1.807) is 32.2 Å². The van der Waals surface area contributed by atoms with Crippen molar-refractivity contribution < 1.29 is 24.2 Å². The Morgan fingerprint density at radius 3 is 2.58 bits per heavy atom. The number of methoxy groups -OCH3 is 1. The normalized spacial score (nSPS) is 15.4. The van der Waals surface area contributed by atoms with Gasteiger partial charge in [0, 0.05) is 0 Å². The van der Waals surface area contributed by atoms with E-state index in [0.717, 1.165) is 18.4 Å². The van der Waals surface area contributed by atoms with Gasteiger partial charge in [-0.2, -0.15) is 0 Å². The lowest BCUT2D eigenvalue weighted by molar-refractivity contribution is -0.113. The van der Waals surface area contributed by atoms with Gasteiger partial charge in [0.1, 0.15) is 0 Å². The standard InChI is InChI=1S/C28H33NO5S2/c1-5-6-7-8-9-10-19(3)34-23-14-12-20(15-24(23)33-4)16-25-26(30)29(28(35)36-25)21-13-11-18(2)22(17-21)27(31)32/h11-17,19H,5-10H2,1-4H3,(H,31,32)/b25-16+/t19-/m0/s1. The van der Waals surface area contributed by atoms with Crippen LogP contribution < -0.4 is 14.4 Å². The number of thioether (sulfide) groups is 1. The molecule has 1 heterocycles. The lowest BCUT2D eigenvalue weighted by atomic mass is 10.1. The summed E-state index contributed by atoms with van der Waals surface area (Å²) in [5.41, 5.74) is 1.98. The van der Waals surface area contributed by atoms with Crippen molar-refractivity contribution in [1.29, 1.82) is 0 Å². The first-order chi connectivity index (χ1) is 17.2. The Kier molecular flexibility index (Phi) is 9.96. The van der Waals surface area contributed by atoms with E-state index in [1.165, 1.54) is 48.4 Å². The lowest BCUT2D eigenvalue weighted by Crippen LogP contribution is -2.27. The average Bonchev–Trinajstić information content (AvgIpc) is 3.12. The fourth-order valence-corrected chi connectivity index (χ4v) is 5.30. The summed E-state index contributed by atoms with van der Waals surface area (Å²) in [7, 11) is 1.60. The molecule has 0 radical (unpaired) electrons. The highest BCUT2D eigenvalue weighted by Gasteiger charge is 2.34. The molecule has 1 atom stereocenters. The van der Waals surface area contributed by atoms with Crippen LogP contribution in [0.15, 0.2) is 41.3 Å². The van der Waals surface area contributed by atoms with Crippen LogP contribution in [0.5, 0.6) is 11.5 Å². The van der Waals surface area contributed by atoms with Crippen LogP contribution in [0.4, 0.5) is 5.69 Å². The maximum Gasteiger partial charge on any atom is 0.336 e. The number of carboxylic acids is 1. The van der Waals surface area contributed by atoms with Crippen molar-refractivity contribution in [3.8, 4) is 11.5 Å². The van der Waals surface area contributed by atoms with Gasteiger partial charge >= 0.3 is 5.97 Å². The SMILES string of the molecule is CCCCCCC[C@H](C)Oc1ccc(/C=C2/SC(=S)N(c3ccc(C)c(C(=O)O)c3)C2=O)cc1OC. The second kappa shape index (κ2) is 12.9. The number of aryl methyl sites for hydroxylation is 1. The molecule has 8 heteroatoms. The van der Waals surface area contributed by atoms with Crippen molar-refractivity contribution in [1.82, 2.24) is 0 Å². The molecule has 3 rings (SSSR count). The molecule has 0 saturated carbocycles. The van der Waals surface area contributed by atoms with Gasteiger partial charge in [0.25, 0.3) is 5.91 Å². The van der Waals surface area contributed by atoms with Gasteiger partial charge in [-0.3, -0.25) is 9.69 Å². The lowest BCUT2D eigenvalue weighted by Gasteiger charge is -2.17. The van der Waals surface area contributed by atoms with Crippen LogP contribution in [0, 0.1) is 6.92 Å². The fraction of sp³-hybridized carbons (Fsp3) is 0.393. The predicted octanol–water partition coefficient (Wildman–Crippen LogP) is 7.24. The van der Waals surface area contributed by atoms with E-state index in [2.05, 4.69) is 13.8 Å². The molecule has 1 aliphatic rings. The molecular formula is C28H33NO5S2. The zero-order valence-corrected chi connectivity index (χ0v) is 22.8. The number of aromatic carboxylic acids is 1. The Bertz CT molecular complexity index is 1160. The highest BCUT2D eigenvalue weighted by molar-refractivity contribution is 8.27. The molecule has 1 aliphatic heterocycles. The zero-order valence-electron chi connectivity index (χ0n) is 21.2. The van der Waals surface area contributed by atoms with Gasteiger partial charge in [0.05, 0.1) is 29.4 Å². The second-order valence-electron chi connectivity index (χ2n) is 8.86. The molecule has 192 valence electrons. The van der Waals surface area contributed by atoms with Crippen molar-refractivity contribution >= 4 is 51.9 Å². The fourth-order valence-electron chi connectivity index (χ4n) is 4.00. The van der Waals surface area contributed by atoms with Gasteiger partial charge in [-0.05, 0) is 68.2 Å². The van der Waals surface area contributed by atoms with E-state index in [9.17, 15) is 14.7 Å². The van der Waals surface area contributed by atoms with Crippen molar-refractivity contribution in [3.05, 3.63) is 58.0 Å². The zero-order chi connectivity index (χ0) is 26.2. The largest absolute Gasteiger partial charge is 0.493 e. The van der Waals surface area contributed by atoms with Crippen LogP contribution in [0.3, 0.4) is 0 Å². The molecule has 1 N–H and O–H groups in total. The number of hydrogen-bond donors (Lipinski definition) is 1. The van der Waals surface area contributed by atoms with E-state index in [1.807, 2.05) is 18.2 Å². The molecule has 2 aromatic rings. The highest BCUT2D eigenvalue weighted by Crippen LogP contribution is 2.38. The van der Waals surface area contributed by atoms with Gasteiger partial charge in [-0.15, -0.1) is 0 Å². The van der Waals surface area contributed by atoms with Crippen molar-refractivity contribution in [2.45, 2.75) is 65.4 Å². The summed E-state index contributed by atoms with van der Waals surface area (Å²) in [4.78, 5) is 26.5. The highest BCUT2D eigenvalue weighted by atomic mass is 32.2. The smallest absolute Gasteiger partial charge is 0.336 e. The maximum atomic E-state index is 13.2. The molecule has 0 spiro atoms. The number of carbonyl (C=O) groups is 2. The number of ether oxygens (including phenoxy) is 2. The molecule has 2 aromatic carbocycles. The number of amides is 1. The van der Waals surface area contributed by atoms with Gasteiger partial charge < -0.3 is 14.6 Å². The third-order valence-corrected chi connectivity index (χ3v) is 7.33. The van der Waals surface area contributed by atoms with E-state index in [-0.39, 0.29) is 17.6 Å². The third kappa shape index (κ3) is 6.89. The third-order valence-electron chi connectivity index (χ3n) is 6.03. The number of unbranched alkanes of at least 4 members (excludes halogenated alkanes) is 4. The van der Waals surface area contributed by atoms with E-state index in [4.69, 9.17) is 21.7 Å². The van der Waals surface area contributed by atoms with Gasteiger partial charge in [-0.25, -0.2) is 4.79 Å². The minimum absolute atomic E-state index is 0.0767. The Hall–Kier alpha value is -2.84. The number of benzene rings is 2. The van der Waals surface area contributed by atoms with Crippen molar-refractivity contribution in [2.24, 2.45) is 0 Å². The van der Waals surface area contributed by atoms with Crippen LogP contribution >= 0.6 is 24.0 Å². The number of thiocarbonyl (C=S) groups is 1. The number of hydrogen-bond acceptors (Lipinski definition) is 6. The van der Waals surface area contributed by atoms with Crippen LogP contribution in [-0.4, -0.2) is 34.5 Å². The summed E-state index contributed by atoms with van der Waals surface area (Å²) in [6, 6.07) is 10.4. The van der Waals surface area contributed by atoms with Crippen molar-refractivity contribution in [2.75, 3.05) is 12.0 Å². The number of nitrogens with zero attached hydrogens (tertiary/aromatic N) is 1. The quantitative estimate of drug-likeness (QED) is 0.177. The number of carbonyl (C=O) groups excluding carboxylic acids is 1. The molecular weight excluding hydrogens is 494 g/mol. The first-order valence-electron chi connectivity index (χ1n) is 12.2. The predicted molar refractivity (Wildman–Crippen MR) is 150 cm³/mol. The van der Waals surface area contributed by atoms with Crippen LogP contribution in [0.2, 0.25) is 0 Å². The molecule has 1 saturated heterocycles. The van der Waals surface area contributed by atoms with Gasteiger partial charge in [-0.1, -0.05) is 68.7 Å². The molecule has 0 bridgehead atoms. The Morgan fingerprint density at radius 2 is 1.89 bits per heavy atom. The summed E-state index contributed by atoms with van der Waals surface area (Å²) in [6.07, 6.45) is 8.95. The molecule has 0 unspecified atom stereocenters. The molecule has 1 fully saturated rings. The number of rotatable bonds is 12. The molecule has 0 aromatic heterocycles. The monoisotopic (exact) mass is 527 g/mol. The Labute approximate surface area is 222 Å². The summed E-state index contributed by atoms with van der Waals surface area (Å²) in [5.74, 6) is -0.0671. The van der Waals surface area contributed by atoms with Gasteiger partial charge in [0.15, 0.2) is 15.8 Å². The van der Waals surface area contributed by atoms with Crippen molar-refractivity contribution in [3.63, 3.8) is 0 Å². The minimum atomic E-state index is -1.05. The summed E-state index contributed by atoms with van der Waals surface area (Å²) < 4.78 is 12.0. The average molecular weight is 528 g/mol.